The van der Waals surface area contributed by atoms with Gasteiger partial charge < -0.3 is 21.4 Å². The summed E-state index contributed by atoms with van der Waals surface area (Å²) in [5.41, 5.74) is 12.1. The number of urea groups is 1. The van der Waals surface area contributed by atoms with E-state index in [9.17, 15) is 9.59 Å². The number of hydrazone groups is 1. The van der Waals surface area contributed by atoms with Crippen LogP contribution in [0, 0.1) is 11.3 Å². The Kier molecular flexibility index (Phi) is 6.47. The molecule has 0 spiro atoms. The summed E-state index contributed by atoms with van der Waals surface area (Å²) in [4.78, 5) is 27.0. The Hall–Kier alpha value is -4.36. The number of benzene rings is 2. The Bertz CT molecular complexity index is 1370. The van der Waals surface area contributed by atoms with E-state index < -0.39 is 5.91 Å². The van der Waals surface area contributed by atoms with Crippen LogP contribution < -0.4 is 16.5 Å². The van der Waals surface area contributed by atoms with E-state index >= 15 is 0 Å². The Balaban J connectivity index is 1.65. The molecule has 0 saturated carbocycles. The predicted octanol–water partition coefficient (Wildman–Crippen LogP) is 2.73. The number of halogens is 1. The predicted molar refractivity (Wildman–Crippen MR) is 129 cm³/mol. The molecule has 5 N–H and O–H groups in total. The number of fused-ring (bicyclic) bond motifs is 1. The molecule has 34 heavy (non-hydrogen) atoms. The average Bonchev–Trinajstić information content (AvgIpc) is 3.31. The summed E-state index contributed by atoms with van der Waals surface area (Å²) in [5, 5.41) is 24.2. The number of H-pyrrole nitrogens is 1. The molecule has 3 amide bonds. The van der Waals surface area contributed by atoms with E-state index in [-0.39, 0.29) is 18.1 Å². The Morgan fingerprint density at radius 1 is 1.26 bits per heavy atom. The summed E-state index contributed by atoms with van der Waals surface area (Å²) in [6.07, 6.45) is 1.63. The molecule has 10 nitrogen and oxygen atoms in total. The number of aromatic nitrogens is 2. The lowest BCUT2D eigenvalue weighted by Gasteiger charge is -2.23. The molecule has 0 radical (unpaired) electrons. The third-order valence-electron chi connectivity index (χ3n) is 5.35. The molecule has 2 heterocycles. The molecule has 0 fully saturated rings. The fourth-order valence-electron chi connectivity index (χ4n) is 3.71. The summed E-state index contributed by atoms with van der Waals surface area (Å²) in [5.74, 6) is -0.671. The van der Waals surface area contributed by atoms with Gasteiger partial charge in [0.15, 0.2) is 0 Å². The van der Waals surface area contributed by atoms with Crippen LogP contribution in [-0.4, -0.2) is 52.4 Å². The number of nitrogens with one attached hydrogen (secondary N) is 3. The maximum absolute atomic E-state index is 13.0. The molecule has 4 rings (SSSR count). The number of hydrogen-bond donors (Lipinski definition) is 4. The number of carbonyl (C=O) groups is 2. The molecule has 1 aliphatic rings. The highest BCUT2D eigenvalue weighted by Crippen LogP contribution is 2.26. The highest BCUT2D eigenvalue weighted by molar-refractivity contribution is 6.36. The van der Waals surface area contributed by atoms with Crippen LogP contribution in [-0.2, 0) is 4.79 Å². The second-order valence-corrected chi connectivity index (χ2v) is 8.13. The van der Waals surface area contributed by atoms with Crippen LogP contribution in [0.5, 0.6) is 0 Å². The van der Waals surface area contributed by atoms with E-state index in [2.05, 4.69) is 26.0 Å². The van der Waals surface area contributed by atoms with E-state index in [0.717, 1.165) is 5.39 Å². The molecule has 0 atom stereocenters. The number of amides is 3. The van der Waals surface area contributed by atoms with Crippen molar-refractivity contribution in [2.75, 3.05) is 25.0 Å². The van der Waals surface area contributed by atoms with Gasteiger partial charge in [-0.25, -0.2) is 4.79 Å². The quantitative estimate of drug-likeness (QED) is 0.458. The molecule has 11 heteroatoms. The van der Waals surface area contributed by atoms with Crippen molar-refractivity contribution in [3.63, 3.8) is 0 Å². The van der Waals surface area contributed by atoms with Crippen molar-refractivity contribution < 1.29 is 9.59 Å². The zero-order valence-corrected chi connectivity index (χ0v) is 19.0. The lowest BCUT2D eigenvalue weighted by molar-refractivity contribution is -0.114. The Morgan fingerprint density at radius 3 is 2.74 bits per heavy atom. The number of nitrogens with zero attached hydrogens (tertiary/aromatic N) is 4. The summed E-state index contributed by atoms with van der Waals surface area (Å²) in [6, 6.07) is 11.7. The van der Waals surface area contributed by atoms with Gasteiger partial charge in [-0.15, -0.1) is 0 Å². The zero-order chi connectivity index (χ0) is 24.2. The standard InChI is InChI=1S/C23H21ClN8O2/c1-13-12-32(23(34)29-17-4-2-14(10-25)3-5-17)7-6-27-31-21(19(13)22(26)33)15-8-16-11-28-30-20(16)18(24)9-15/h2-5,8-9,11,27H,6-7,12H2,1H3,(H2,26,33)(H,28,30)(H,29,34)/b19-13-,31-21-. The molecule has 0 unspecified atom stereocenters. The monoisotopic (exact) mass is 476 g/mol. The molecule has 172 valence electrons. The summed E-state index contributed by atoms with van der Waals surface area (Å²) in [7, 11) is 0. The number of hydrogen-bond acceptors (Lipinski definition) is 6. The van der Waals surface area contributed by atoms with Crippen LogP contribution in [0.2, 0.25) is 5.02 Å². The van der Waals surface area contributed by atoms with Gasteiger partial charge in [0, 0.05) is 29.7 Å². The van der Waals surface area contributed by atoms with Crippen molar-refractivity contribution in [1.82, 2.24) is 20.5 Å². The maximum atomic E-state index is 13.0. The molecule has 0 bridgehead atoms. The second kappa shape index (κ2) is 9.64. The van der Waals surface area contributed by atoms with Crippen molar-refractivity contribution in [3.8, 4) is 6.07 Å². The van der Waals surface area contributed by atoms with Gasteiger partial charge in [0.25, 0.3) is 5.91 Å². The van der Waals surface area contributed by atoms with E-state index in [4.69, 9.17) is 22.6 Å². The summed E-state index contributed by atoms with van der Waals surface area (Å²) >= 11 is 6.39. The normalized spacial score (nSPS) is 18.0. The first-order valence-corrected chi connectivity index (χ1v) is 10.7. The van der Waals surface area contributed by atoms with Gasteiger partial charge in [-0.2, -0.15) is 15.5 Å². The van der Waals surface area contributed by atoms with Gasteiger partial charge in [0.1, 0.15) is 5.71 Å². The topological polar surface area (TPSA) is 152 Å². The van der Waals surface area contributed by atoms with Crippen molar-refractivity contribution in [1.29, 1.82) is 5.26 Å². The third kappa shape index (κ3) is 4.69. The number of rotatable bonds is 3. The molecule has 2 aromatic carbocycles. The van der Waals surface area contributed by atoms with Gasteiger partial charge in [-0.1, -0.05) is 11.6 Å². The highest BCUT2D eigenvalue weighted by atomic mass is 35.5. The van der Waals surface area contributed by atoms with Crippen LogP contribution in [0.1, 0.15) is 18.1 Å². The number of primary amides is 1. The Morgan fingerprint density at radius 2 is 2.03 bits per heavy atom. The van der Waals surface area contributed by atoms with E-state index in [1.165, 1.54) is 0 Å². The molecule has 3 aromatic rings. The Labute approximate surface area is 200 Å². The van der Waals surface area contributed by atoms with E-state index in [1.807, 2.05) is 12.1 Å². The van der Waals surface area contributed by atoms with Crippen LogP contribution >= 0.6 is 11.6 Å². The maximum Gasteiger partial charge on any atom is 0.322 e. The fourth-order valence-corrected chi connectivity index (χ4v) is 3.98. The van der Waals surface area contributed by atoms with E-state index in [1.54, 1.807) is 48.4 Å². The minimum atomic E-state index is -0.671. The first kappa shape index (κ1) is 22.8. The van der Waals surface area contributed by atoms with Gasteiger partial charge in [-0.3, -0.25) is 9.89 Å². The number of nitriles is 1. The number of aromatic amines is 1. The molecular weight excluding hydrogens is 456 g/mol. The largest absolute Gasteiger partial charge is 0.366 e. The SMILES string of the molecule is C/C1=C(C(N)=O)\C(c2cc(Cl)c3[nH]ncc3c2)=N/NCCN(C(=O)Nc2ccc(C#N)cc2)C1. The van der Waals surface area contributed by atoms with Crippen LogP contribution in [0.3, 0.4) is 0 Å². The first-order valence-electron chi connectivity index (χ1n) is 10.4. The van der Waals surface area contributed by atoms with Crippen LogP contribution in [0.25, 0.3) is 10.9 Å². The van der Waals surface area contributed by atoms with Gasteiger partial charge in [0.05, 0.1) is 40.5 Å². The average molecular weight is 477 g/mol. The molecule has 0 saturated heterocycles. The minimum Gasteiger partial charge on any atom is -0.366 e. The van der Waals surface area contributed by atoms with Gasteiger partial charge >= 0.3 is 6.03 Å². The number of nitrogens with two attached hydrogens (primary N) is 1. The van der Waals surface area contributed by atoms with Crippen LogP contribution in [0.15, 0.2) is 58.8 Å². The highest BCUT2D eigenvalue weighted by Gasteiger charge is 2.24. The first-order chi connectivity index (χ1) is 16.4. The number of carbonyl (C=O) groups excluding carboxylic acids is 2. The van der Waals surface area contributed by atoms with Crippen molar-refractivity contribution in [2.24, 2.45) is 10.8 Å². The fraction of sp³-hybridized carbons (Fsp3) is 0.174. The van der Waals surface area contributed by atoms with Crippen molar-refractivity contribution in [3.05, 3.63) is 69.9 Å². The molecule has 1 aromatic heterocycles. The van der Waals surface area contributed by atoms with Crippen molar-refractivity contribution in [2.45, 2.75) is 6.92 Å². The van der Waals surface area contributed by atoms with E-state index in [0.29, 0.717) is 51.7 Å². The summed E-state index contributed by atoms with van der Waals surface area (Å²) < 4.78 is 0. The zero-order valence-electron chi connectivity index (χ0n) is 18.2. The lowest BCUT2D eigenvalue weighted by Crippen LogP contribution is -2.40. The third-order valence-corrected chi connectivity index (χ3v) is 5.65. The van der Waals surface area contributed by atoms with Crippen molar-refractivity contribution >= 4 is 45.8 Å². The molecular formula is C23H21ClN8O2. The van der Waals surface area contributed by atoms with Gasteiger partial charge in [0.2, 0.25) is 0 Å². The van der Waals surface area contributed by atoms with Crippen LogP contribution in [0.4, 0.5) is 10.5 Å². The second-order valence-electron chi connectivity index (χ2n) is 7.72. The smallest absolute Gasteiger partial charge is 0.322 e. The number of anilines is 1. The van der Waals surface area contributed by atoms with Gasteiger partial charge in [-0.05, 0) is 48.9 Å². The lowest BCUT2D eigenvalue weighted by atomic mass is 9.96. The minimum absolute atomic E-state index is 0.156. The molecule has 1 aliphatic heterocycles. The summed E-state index contributed by atoms with van der Waals surface area (Å²) in [6.45, 7) is 2.55. The molecule has 0 aliphatic carbocycles.